The summed E-state index contributed by atoms with van der Waals surface area (Å²) in [4.78, 5) is 10.5. The molecule has 0 saturated heterocycles. The third kappa shape index (κ3) is 3.49. The molecule has 1 saturated carbocycles. The summed E-state index contributed by atoms with van der Waals surface area (Å²) in [5.41, 5.74) is -0.292. The van der Waals surface area contributed by atoms with Gasteiger partial charge in [-0.2, -0.15) is 0 Å². The molecule has 2 nitrogen and oxygen atoms in total. The minimum absolute atomic E-state index is 0.0543. The van der Waals surface area contributed by atoms with Crippen LogP contribution in [-0.4, -0.2) is 11.5 Å². The van der Waals surface area contributed by atoms with Gasteiger partial charge in [-0.05, 0) is 37.0 Å². The molecule has 0 N–H and O–H groups in total. The van der Waals surface area contributed by atoms with Crippen molar-refractivity contribution in [1.82, 2.24) is 0 Å². The second-order valence-corrected chi connectivity index (χ2v) is 5.50. The predicted octanol–water partition coefficient (Wildman–Crippen LogP) is 3.97. The molecule has 82 valence electrons. The van der Waals surface area contributed by atoms with Crippen molar-refractivity contribution in [2.45, 2.75) is 52.6 Å². The lowest BCUT2D eigenvalue weighted by Gasteiger charge is -2.36. The van der Waals surface area contributed by atoms with Gasteiger partial charge < -0.3 is 4.74 Å². The van der Waals surface area contributed by atoms with Crippen LogP contribution in [0.1, 0.15) is 46.5 Å². The maximum atomic E-state index is 10.5. The maximum absolute atomic E-state index is 10.5. The zero-order chi connectivity index (χ0) is 10.8. The van der Waals surface area contributed by atoms with Crippen LogP contribution >= 0.6 is 11.6 Å². The summed E-state index contributed by atoms with van der Waals surface area (Å²) in [5.74, 6) is 0.743. The fourth-order valence-electron chi connectivity index (χ4n) is 2.18. The molecule has 0 spiro atoms. The van der Waals surface area contributed by atoms with E-state index < -0.39 is 5.43 Å². The summed E-state index contributed by atoms with van der Waals surface area (Å²) >= 11 is 5.18. The van der Waals surface area contributed by atoms with Crippen LogP contribution in [0.5, 0.6) is 0 Å². The van der Waals surface area contributed by atoms with E-state index in [1.54, 1.807) is 0 Å². The Morgan fingerprint density at radius 2 is 1.71 bits per heavy atom. The van der Waals surface area contributed by atoms with Crippen molar-refractivity contribution in [3.8, 4) is 0 Å². The van der Waals surface area contributed by atoms with E-state index in [-0.39, 0.29) is 6.10 Å². The molecule has 14 heavy (non-hydrogen) atoms. The van der Waals surface area contributed by atoms with E-state index in [1.165, 1.54) is 0 Å². The number of carbonyl (C=O) groups excluding carboxylic acids is 1. The van der Waals surface area contributed by atoms with Gasteiger partial charge in [-0.3, -0.25) is 0 Å². The van der Waals surface area contributed by atoms with Crippen LogP contribution in [0.15, 0.2) is 0 Å². The van der Waals surface area contributed by atoms with Crippen molar-refractivity contribution in [3.05, 3.63) is 0 Å². The lowest BCUT2D eigenvalue weighted by atomic mass is 9.72. The van der Waals surface area contributed by atoms with Crippen LogP contribution in [0.2, 0.25) is 0 Å². The SMILES string of the molecule is CC(C)(C)C1CCC(OC(=O)Cl)CC1. The average Bonchev–Trinajstić information content (AvgIpc) is 2.02. The Labute approximate surface area is 91.0 Å². The molecular formula is C11H19ClO2. The Morgan fingerprint density at radius 3 is 2.07 bits per heavy atom. The van der Waals surface area contributed by atoms with E-state index in [0.717, 1.165) is 31.6 Å². The van der Waals surface area contributed by atoms with Gasteiger partial charge in [-0.15, -0.1) is 0 Å². The molecule has 1 aliphatic carbocycles. The summed E-state index contributed by atoms with van der Waals surface area (Å²) in [6.07, 6.45) is 4.25. The lowest BCUT2D eigenvalue weighted by Crippen LogP contribution is -2.29. The Morgan fingerprint density at radius 1 is 1.21 bits per heavy atom. The van der Waals surface area contributed by atoms with E-state index in [2.05, 4.69) is 20.8 Å². The topological polar surface area (TPSA) is 26.3 Å². The highest BCUT2D eigenvalue weighted by Crippen LogP contribution is 2.38. The van der Waals surface area contributed by atoms with Crippen LogP contribution in [-0.2, 0) is 4.74 Å². The highest BCUT2D eigenvalue weighted by atomic mass is 35.5. The molecule has 0 aromatic carbocycles. The third-order valence-electron chi connectivity index (χ3n) is 3.16. The van der Waals surface area contributed by atoms with Crippen LogP contribution in [0, 0.1) is 11.3 Å². The van der Waals surface area contributed by atoms with Crippen molar-refractivity contribution in [1.29, 1.82) is 0 Å². The Bertz CT molecular complexity index is 200. The number of halogens is 1. The first-order valence-corrected chi connectivity index (χ1v) is 5.63. The molecule has 1 aliphatic rings. The van der Waals surface area contributed by atoms with Crippen molar-refractivity contribution in [2.24, 2.45) is 11.3 Å². The van der Waals surface area contributed by atoms with E-state index in [0.29, 0.717) is 5.41 Å². The van der Waals surface area contributed by atoms with E-state index in [4.69, 9.17) is 16.3 Å². The molecule has 0 unspecified atom stereocenters. The van der Waals surface area contributed by atoms with Gasteiger partial charge in [0.1, 0.15) is 6.10 Å². The highest BCUT2D eigenvalue weighted by molar-refractivity contribution is 6.61. The number of carbonyl (C=O) groups is 1. The minimum Gasteiger partial charge on any atom is -0.450 e. The van der Waals surface area contributed by atoms with Gasteiger partial charge in [0.05, 0.1) is 0 Å². The zero-order valence-corrected chi connectivity index (χ0v) is 9.93. The van der Waals surface area contributed by atoms with Crippen molar-refractivity contribution < 1.29 is 9.53 Å². The summed E-state index contributed by atoms with van der Waals surface area (Å²) in [7, 11) is 0. The van der Waals surface area contributed by atoms with Crippen LogP contribution in [0.4, 0.5) is 4.79 Å². The van der Waals surface area contributed by atoms with Crippen LogP contribution in [0.3, 0.4) is 0 Å². The molecule has 0 atom stereocenters. The Kier molecular flexibility index (Phi) is 3.82. The zero-order valence-electron chi connectivity index (χ0n) is 9.18. The second kappa shape index (κ2) is 4.52. The molecular weight excluding hydrogens is 200 g/mol. The molecule has 0 aliphatic heterocycles. The first-order valence-electron chi connectivity index (χ1n) is 5.25. The highest BCUT2D eigenvalue weighted by Gasteiger charge is 2.30. The van der Waals surface area contributed by atoms with Crippen LogP contribution in [0.25, 0.3) is 0 Å². The Hall–Kier alpha value is -0.240. The molecule has 0 aromatic heterocycles. The summed E-state index contributed by atoms with van der Waals surface area (Å²) in [5, 5.41) is 0. The molecule has 1 fully saturated rings. The van der Waals surface area contributed by atoms with E-state index in [1.807, 2.05) is 0 Å². The van der Waals surface area contributed by atoms with Crippen molar-refractivity contribution >= 4 is 17.0 Å². The molecule has 1 rings (SSSR count). The van der Waals surface area contributed by atoms with Gasteiger partial charge >= 0.3 is 5.43 Å². The van der Waals surface area contributed by atoms with Crippen molar-refractivity contribution in [2.75, 3.05) is 0 Å². The van der Waals surface area contributed by atoms with Crippen molar-refractivity contribution in [3.63, 3.8) is 0 Å². The second-order valence-electron chi connectivity index (χ2n) is 5.20. The number of rotatable bonds is 1. The molecule has 0 amide bonds. The van der Waals surface area contributed by atoms with Gasteiger partial charge in [-0.1, -0.05) is 20.8 Å². The summed E-state index contributed by atoms with van der Waals surface area (Å²) in [6.45, 7) is 6.81. The summed E-state index contributed by atoms with van der Waals surface area (Å²) in [6, 6.07) is 0. The van der Waals surface area contributed by atoms with Gasteiger partial charge in [-0.25, -0.2) is 4.79 Å². The largest absolute Gasteiger partial charge is 0.450 e. The fraction of sp³-hybridized carbons (Fsp3) is 0.909. The smallest absolute Gasteiger partial charge is 0.404 e. The third-order valence-corrected chi connectivity index (χ3v) is 3.25. The van der Waals surface area contributed by atoms with Gasteiger partial charge in [0.25, 0.3) is 0 Å². The van der Waals surface area contributed by atoms with Gasteiger partial charge in [0, 0.05) is 11.6 Å². The number of ether oxygens (including phenoxy) is 1. The predicted molar refractivity (Wildman–Crippen MR) is 57.5 cm³/mol. The molecule has 0 heterocycles. The molecule has 0 radical (unpaired) electrons. The fourth-order valence-corrected chi connectivity index (χ4v) is 2.30. The number of hydrogen-bond acceptors (Lipinski definition) is 2. The normalized spacial score (nSPS) is 28.6. The lowest BCUT2D eigenvalue weighted by molar-refractivity contribution is 0.0586. The summed E-state index contributed by atoms with van der Waals surface area (Å²) < 4.78 is 4.98. The molecule has 0 bridgehead atoms. The Balaban J connectivity index is 2.35. The maximum Gasteiger partial charge on any atom is 0.404 e. The monoisotopic (exact) mass is 218 g/mol. The van der Waals surface area contributed by atoms with Gasteiger partial charge in [0.2, 0.25) is 0 Å². The number of hydrogen-bond donors (Lipinski definition) is 0. The first kappa shape index (κ1) is 11.8. The minimum atomic E-state index is -0.663. The first-order chi connectivity index (χ1) is 6.39. The van der Waals surface area contributed by atoms with E-state index in [9.17, 15) is 4.79 Å². The standard InChI is InChI=1S/C11H19ClO2/c1-11(2,3)8-4-6-9(7-5-8)14-10(12)13/h8-9H,4-7H2,1-3H3. The van der Waals surface area contributed by atoms with Gasteiger partial charge in [0.15, 0.2) is 0 Å². The molecule has 0 aromatic rings. The average molecular weight is 219 g/mol. The quantitative estimate of drug-likeness (QED) is 0.623. The van der Waals surface area contributed by atoms with E-state index >= 15 is 0 Å². The molecule has 3 heteroatoms. The van der Waals surface area contributed by atoms with Crippen LogP contribution < -0.4 is 0 Å².